The molecule has 0 atom stereocenters. The molecule has 0 saturated heterocycles. The minimum absolute atomic E-state index is 0.000615. The van der Waals surface area contributed by atoms with E-state index in [0.717, 1.165) is 35.4 Å². The van der Waals surface area contributed by atoms with Crippen LogP contribution in [0.4, 0.5) is 5.13 Å². The molecule has 3 aromatic carbocycles. The van der Waals surface area contributed by atoms with Crippen molar-refractivity contribution in [1.82, 2.24) is 10.2 Å². The second kappa shape index (κ2) is 10.6. The van der Waals surface area contributed by atoms with Crippen molar-refractivity contribution >= 4 is 22.4 Å². The number of carbonyl (C=O) groups excluding carboxylic acids is 1. The number of amides is 1. The molecule has 1 N–H and O–H groups in total. The quantitative estimate of drug-likeness (QED) is 0.363. The maximum Gasteiger partial charge on any atom is 0.227 e. The van der Waals surface area contributed by atoms with Gasteiger partial charge in [-0.3, -0.25) is 4.79 Å². The SMILES string of the molecule is O=C(CC(c1ccccc1)c1ccccc1)Nc1nnc(CCCc2ccccc2)s1. The first kappa shape index (κ1) is 20.9. The van der Waals surface area contributed by atoms with Crippen LogP contribution in [-0.2, 0) is 17.6 Å². The van der Waals surface area contributed by atoms with Crippen molar-refractivity contribution in [2.24, 2.45) is 0 Å². The van der Waals surface area contributed by atoms with E-state index in [2.05, 4.69) is 64.0 Å². The fourth-order valence-electron chi connectivity index (χ4n) is 3.65. The summed E-state index contributed by atoms with van der Waals surface area (Å²) in [7, 11) is 0. The Morgan fingerprint density at radius 3 is 1.97 bits per heavy atom. The highest BCUT2D eigenvalue weighted by molar-refractivity contribution is 7.15. The van der Waals surface area contributed by atoms with E-state index < -0.39 is 0 Å². The molecule has 1 amide bonds. The highest BCUT2D eigenvalue weighted by Gasteiger charge is 2.19. The van der Waals surface area contributed by atoms with Crippen molar-refractivity contribution in [2.75, 3.05) is 5.32 Å². The van der Waals surface area contributed by atoms with E-state index in [1.54, 1.807) is 0 Å². The summed E-state index contributed by atoms with van der Waals surface area (Å²) < 4.78 is 0. The Balaban J connectivity index is 1.35. The van der Waals surface area contributed by atoms with Gasteiger partial charge < -0.3 is 5.32 Å². The van der Waals surface area contributed by atoms with Crippen LogP contribution in [0.2, 0.25) is 0 Å². The molecular weight excluding hydrogens is 402 g/mol. The van der Waals surface area contributed by atoms with Crippen molar-refractivity contribution in [3.8, 4) is 0 Å². The van der Waals surface area contributed by atoms with E-state index in [0.29, 0.717) is 11.6 Å². The normalized spacial score (nSPS) is 10.9. The Labute approximate surface area is 187 Å². The Bertz CT molecular complexity index is 1040. The van der Waals surface area contributed by atoms with Crippen LogP contribution in [0.3, 0.4) is 0 Å². The van der Waals surface area contributed by atoms with Crippen molar-refractivity contribution < 1.29 is 4.79 Å². The number of aromatic nitrogens is 2. The lowest BCUT2D eigenvalue weighted by Crippen LogP contribution is -2.16. The molecule has 0 saturated carbocycles. The summed E-state index contributed by atoms with van der Waals surface area (Å²) in [6, 6.07) is 30.7. The van der Waals surface area contributed by atoms with Crippen LogP contribution in [0.5, 0.6) is 0 Å². The molecule has 0 aliphatic carbocycles. The average molecular weight is 428 g/mol. The number of nitrogens with one attached hydrogen (secondary N) is 1. The van der Waals surface area contributed by atoms with Crippen LogP contribution in [0.15, 0.2) is 91.0 Å². The number of benzene rings is 3. The summed E-state index contributed by atoms with van der Waals surface area (Å²) in [6.45, 7) is 0. The van der Waals surface area contributed by atoms with E-state index in [4.69, 9.17) is 0 Å². The molecule has 5 heteroatoms. The smallest absolute Gasteiger partial charge is 0.227 e. The van der Waals surface area contributed by atoms with E-state index in [-0.39, 0.29) is 11.8 Å². The summed E-state index contributed by atoms with van der Waals surface area (Å²) in [6.07, 6.45) is 3.24. The van der Waals surface area contributed by atoms with Crippen molar-refractivity contribution in [2.45, 2.75) is 31.6 Å². The molecule has 4 rings (SSSR count). The minimum Gasteiger partial charge on any atom is -0.300 e. The maximum atomic E-state index is 12.8. The summed E-state index contributed by atoms with van der Waals surface area (Å²) in [5.41, 5.74) is 3.58. The minimum atomic E-state index is -0.0512. The van der Waals surface area contributed by atoms with Gasteiger partial charge in [0, 0.05) is 18.8 Å². The Morgan fingerprint density at radius 1 is 0.774 bits per heavy atom. The van der Waals surface area contributed by atoms with Crippen LogP contribution >= 0.6 is 11.3 Å². The Kier molecular flexibility index (Phi) is 7.19. The number of anilines is 1. The first-order valence-electron chi connectivity index (χ1n) is 10.5. The highest BCUT2D eigenvalue weighted by atomic mass is 32.1. The van der Waals surface area contributed by atoms with Crippen LogP contribution in [0.25, 0.3) is 0 Å². The number of hydrogen-bond acceptors (Lipinski definition) is 4. The van der Waals surface area contributed by atoms with E-state index in [1.807, 2.05) is 42.5 Å². The van der Waals surface area contributed by atoms with Crippen molar-refractivity contribution in [3.63, 3.8) is 0 Å². The molecule has 0 aliphatic rings. The molecule has 4 nitrogen and oxygen atoms in total. The molecular formula is C26H25N3OS. The molecule has 0 fully saturated rings. The van der Waals surface area contributed by atoms with Gasteiger partial charge >= 0.3 is 0 Å². The van der Waals surface area contributed by atoms with Gasteiger partial charge in [0.1, 0.15) is 5.01 Å². The molecule has 0 radical (unpaired) electrons. The lowest BCUT2D eigenvalue weighted by molar-refractivity contribution is -0.116. The second-order valence-electron chi connectivity index (χ2n) is 7.47. The fraction of sp³-hybridized carbons (Fsp3) is 0.192. The maximum absolute atomic E-state index is 12.8. The molecule has 4 aromatic rings. The Hall–Kier alpha value is -3.31. The van der Waals surface area contributed by atoms with E-state index in [9.17, 15) is 4.79 Å². The van der Waals surface area contributed by atoms with Gasteiger partial charge in [0.15, 0.2) is 0 Å². The summed E-state index contributed by atoms with van der Waals surface area (Å²) in [5, 5.41) is 12.9. The van der Waals surface area contributed by atoms with Gasteiger partial charge in [-0.15, -0.1) is 10.2 Å². The molecule has 0 spiro atoms. The summed E-state index contributed by atoms with van der Waals surface area (Å²) >= 11 is 1.46. The molecule has 31 heavy (non-hydrogen) atoms. The van der Waals surface area contributed by atoms with Gasteiger partial charge in [-0.05, 0) is 29.5 Å². The number of aryl methyl sites for hydroxylation is 2. The van der Waals surface area contributed by atoms with Crippen LogP contribution < -0.4 is 5.32 Å². The van der Waals surface area contributed by atoms with Gasteiger partial charge in [-0.2, -0.15) is 0 Å². The third-order valence-electron chi connectivity index (χ3n) is 5.21. The lowest BCUT2D eigenvalue weighted by atomic mass is 9.88. The lowest BCUT2D eigenvalue weighted by Gasteiger charge is -2.17. The average Bonchev–Trinajstić information content (AvgIpc) is 3.26. The largest absolute Gasteiger partial charge is 0.300 e. The molecule has 0 unspecified atom stereocenters. The first-order chi connectivity index (χ1) is 15.3. The van der Waals surface area contributed by atoms with E-state index >= 15 is 0 Å². The first-order valence-corrected chi connectivity index (χ1v) is 11.4. The summed E-state index contributed by atoms with van der Waals surface area (Å²) in [4.78, 5) is 12.8. The molecule has 0 aliphatic heterocycles. The van der Waals surface area contributed by atoms with E-state index in [1.165, 1.54) is 16.9 Å². The fourth-order valence-corrected chi connectivity index (χ4v) is 4.45. The monoisotopic (exact) mass is 427 g/mol. The summed E-state index contributed by atoms with van der Waals surface area (Å²) in [5.74, 6) is -0.0506. The zero-order valence-electron chi connectivity index (χ0n) is 17.3. The van der Waals surface area contributed by atoms with Crippen molar-refractivity contribution in [3.05, 3.63) is 113 Å². The number of nitrogens with zero attached hydrogens (tertiary/aromatic N) is 2. The van der Waals surface area contributed by atoms with Gasteiger partial charge in [0.25, 0.3) is 0 Å². The molecule has 156 valence electrons. The Morgan fingerprint density at radius 2 is 1.35 bits per heavy atom. The molecule has 1 heterocycles. The second-order valence-corrected chi connectivity index (χ2v) is 8.53. The van der Waals surface area contributed by atoms with Crippen LogP contribution in [0, 0.1) is 0 Å². The molecule has 0 bridgehead atoms. The topological polar surface area (TPSA) is 54.9 Å². The number of carbonyl (C=O) groups is 1. The third kappa shape index (κ3) is 6.09. The standard InChI is InChI=1S/C26H25N3OS/c30-24(19-23(21-14-6-2-7-15-21)22-16-8-3-9-17-22)27-26-29-28-25(31-26)18-10-13-20-11-4-1-5-12-20/h1-9,11-12,14-17,23H,10,13,18-19H2,(H,27,29,30). The predicted octanol–water partition coefficient (Wildman–Crippen LogP) is 5.87. The number of rotatable bonds is 9. The predicted molar refractivity (Wildman–Crippen MR) is 126 cm³/mol. The van der Waals surface area contributed by atoms with Gasteiger partial charge in [-0.25, -0.2) is 0 Å². The zero-order valence-corrected chi connectivity index (χ0v) is 18.1. The molecule has 1 aromatic heterocycles. The number of hydrogen-bond donors (Lipinski definition) is 1. The van der Waals surface area contributed by atoms with Gasteiger partial charge in [0.05, 0.1) is 0 Å². The van der Waals surface area contributed by atoms with Crippen molar-refractivity contribution in [1.29, 1.82) is 0 Å². The van der Waals surface area contributed by atoms with Gasteiger partial charge in [-0.1, -0.05) is 102 Å². The highest BCUT2D eigenvalue weighted by Crippen LogP contribution is 2.28. The zero-order chi connectivity index (χ0) is 21.3. The van der Waals surface area contributed by atoms with Crippen LogP contribution in [-0.4, -0.2) is 16.1 Å². The van der Waals surface area contributed by atoms with Crippen LogP contribution in [0.1, 0.15) is 40.5 Å². The van der Waals surface area contributed by atoms with Gasteiger partial charge in [0.2, 0.25) is 11.0 Å². The third-order valence-corrected chi connectivity index (χ3v) is 6.10.